The Bertz CT molecular complexity index is 648. The smallest absolute Gasteiger partial charge is 0.317 e. The van der Waals surface area contributed by atoms with Crippen LogP contribution in [0.1, 0.15) is 31.7 Å². The van der Waals surface area contributed by atoms with E-state index in [0.717, 1.165) is 52.0 Å². The average Bonchev–Trinajstić information content (AvgIpc) is 3.07. The molecule has 1 N–H and O–H groups in total. The highest BCUT2D eigenvalue weighted by molar-refractivity contribution is 5.74. The van der Waals surface area contributed by atoms with Crippen molar-refractivity contribution in [3.8, 4) is 0 Å². The van der Waals surface area contributed by atoms with E-state index >= 15 is 0 Å². The van der Waals surface area contributed by atoms with Crippen LogP contribution in [0.5, 0.6) is 0 Å². The molecule has 1 aromatic rings. The van der Waals surface area contributed by atoms with Crippen molar-refractivity contribution in [1.29, 1.82) is 0 Å². The third-order valence-corrected chi connectivity index (χ3v) is 6.63. The Kier molecular flexibility index (Phi) is 6.19. The van der Waals surface area contributed by atoms with Gasteiger partial charge in [-0.3, -0.25) is 4.90 Å². The molecule has 3 aliphatic rings. The highest BCUT2D eigenvalue weighted by atomic mass is 16.6. The van der Waals surface area contributed by atoms with Crippen molar-refractivity contribution in [2.45, 2.75) is 44.4 Å². The van der Waals surface area contributed by atoms with Gasteiger partial charge in [0.2, 0.25) is 0 Å². The van der Waals surface area contributed by atoms with Crippen LogP contribution in [0.4, 0.5) is 4.79 Å². The number of ether oxygens (including phenoxy) is 2. The summed E-state index contributed by atoms with van der Waals surface area (Å²) in [5.74, 6) is 0.569. The normalized spacial score (nSPS) is 29.3. The number of morpholine rings is 1. The summed E-state index contributed by atoms with van der Waals surface area (Å²) in [6.45, 7) is 8.67. The van der Waals surface area contributed by atoms with Crippen molar-refractivity contribution in [3.63, 3.8) is 0 Å². The lowest BCUT2D eigenvalue weighted by molar-refractivity contribution is -0.125. The number of urea groups is 1. The Morgan fingerprint density at radius 1 is 1.18 bits per heavy atom. The Morgan fingerprint density at radius 3 is 2.68 bits per heavy atom. The first-order valence-corrected chi connectivity index (χ1v) is 10.7. The van der Waals surface area contributed by atoms with Crippen LogP contribution in [-0.2, 0) is 16.0 Å². The SMILES string of the molecule is C[C@H]1OCC[C@@]12CN(C(=O)NCC1CCN(Cc3ccccc3)CC1)CCO2. The minimum absolute atomic E-state index is 0.0495. The van der Waals surface area contributed by atoms with Gasteiger partial charge >= 0.3 is 6.03 Å². The van der Waals surface area contributed by atoms with Gasteiger partial charge in [-0.2, -0.15) is 0 Å². The molecule has 0 radical (unpaired) electrons. The van der Waals surface area contributed by atoms with Crippen LogP contribution in [0, 0.1) is 5.92 Å². The van der Waals surface area contributed by atoms with E-state index in [2.05, 4.69) is 47.5 Å². The second-order valence-corrected chi connectivity index (χ2v) is 8.49. The fourth-order valence-electron chi connectivity index (χ4n) is 4.67. The average molecular weight is 388 g/mol. The summed E-state index contributed by atoms with van der Waals surface area (Å²) in [4.78, 5) is 17.1. The molecule has 0 saturated carbocycles. The summed E-state index contributed by atoms with van der Waals surface area (Å²) >= 11 is 0. The maximum atomic E-state index is 12.7. The Hall–Kier alpha value is -1.63. The third-order valence-electron chi connectivity index (χ3n) is 6.63. The number of carbonyl (C=O) groups excluding carboxylic acids is 1. The topological polar surface area (TPSA) is 54.0 Å². The van der Waals surface area contributed by atoms with Crippen molar-refractivity contribution in [2.75, 3.05) is 45.9 Å². The molecule has 2 amide bonds. The first-order valence-electron chi connectivity index (χ1n) is 10.7. The van der Waals surface area contributed by atoms with Crippen molar-refractivity contribution >= 4 is 6.03 Å². The molecule has 0 bridgehead atoms. The van der Waals surface area contributed by atoms with Gasteiger partial charge in [0.25, 0.3) is 0 Å². The number of nitrogens with zero attached hydrogens (tertiary/aromatic N) is 2. The molecule has 1 spiro atoms. The zero-order chi connectivity index (χ0) is 19.4. The number of nitrogens with one attached hydrogen (secondary N) is 1. The van der Waals surface area contributed by atoms with E-state index in [9.17, 15) is 4.79 Å². The van der Waals surface area contributed by atoms with Gasteiger partial charge in [0.1, 0.15) is 5.60 Å². The van der Waals surface area contributed by atoms with Crippen LogP contribution in [0.25, 0.3) is 0 Å². The van der Waals surface area contributed by atoms with E-state index in [4.69, 9.17) is 9.47 Å². The summed E-state index contributed by atoms with van der Waals surface area (Å²) in [5.41, 5.74) is 1.07. The first kappa shape index (κ1) is 19.7. The van der Waals surface area contributed by atoms with Crippen LogP contribution >= 0.6 is 0 Å². The molecule has 6 nitrogen and oxygen atoms in total. The number of likely N-dealkylation sites (tertiary alicyclic amines) is 1. The predicted octanol–water partition coefficient (Wildman–Crippen LogP) is 2.49. The molecular formula is C22H33N3O3. The number of hydrogen-bond acceptors (Lipinski definition) is 4. The van der Waals surface area contributed by atoms with Crippen LogP contribution in [0.15, 0.2) is 30.3 Å². The second kappa shape index (κ2) is 8.80. The molecule has 3 saturated heterocycles. The lowest BCUT2D eigenvalue weighted by atomic mass is 9.94. The summed E-state index contributed by atoms with van der Waals surface area (Å²) < 4.78 is 11.7. The standard InChI is InChI=1S/C22H33N3O3/c1-18-22(9-13-27-18)17-25(12-14-28-22)21(26)23-15-19-7-10-24(11-8-19)16-20-5-3-2-4-6-20/h2-6,18-19H,7-17H2,1H3,(H,23,26)/t18-,22-/m1/s1. The molecule has 3 heterocycles. The van der Waals surface area contributed by atoms with Crippen LogP contribution in [-0.4, -0.2) is 73.5 Å². The van der Waals surface area contributed by atoms with Crippen molar-refractivity contribution in [3.05, 3.63) is 35.9 Å². The molecule has 1 aromatic carbocycles. The maximum absolute atomic E-state index is 12.7. The first-order chi connectivity index (χ1) is 13.6. The Morgan fingerprint density at radius 2 is 1.96 bits per heavy atom. The third kappa shape index (κ3) is 4.50. The van der Waals surface area contributed by atoms with E-state index in [1.165, 1.54) is 5.56 Å². The van der Waals surface area contributed by atoms with Gasteiger partial charge in [0.15, 0.2) is 0 Å². The van der Waals surface area contributed by atoms with Crippen molar-refractivity contribution < 1.29 is 14.3 Å². The lowest BCUT2D eigenvalue weighted by Crippen LogP contribution is -2.58. The molecule has 0 unspecified atom stereocenters. The number of benzene rings is 1. The van der Waals surface area contributed by atoms with Crippen LogP contribution in [0.2, 0.25) is 0 Å². The number of carbonyl (C=O) groups is 1. The van der Waals surface area contributed by atoms with E-state index in [1.807, 2.05) is 4.90 Å². The molecule has 0 aromatic heterocycles. The maximum Gasteiger partial charge on any atom is 0.317 e. The minimum Gasteiger partial charge on any atom is -0.375 e. The van der Waals surface area contributed by atoms with Gasteiger partial charge in [0.05, 0.1) is 19.3 Å². The Balaban J connectivity index is 1.19. The molecule has 4 rings (SSSR count). The lowest BCUT2D eigenvalue weighted by Gasteiger charge is -2.42. The van der Waals surface area contributed by atoms with Crippen LogP contribution in [0.3, 0.4) is 0 Å². The van der Waals surface area contributed by atoms with Gasteiger partial charge in [0, 0.05) is 32.7 Å². The monoisotopic (exact) mass is 387 g/mol. The van der Waals surface area contributed by atoms with Crippen LogP contribution < -0.4 is 5.32 Å². The van der Waals surface area contributed by atoms with Gasteiger partial charge in [-0.05, 0) is 44.3 Å². The van der Waals surface area contributed by atoms with Gasteiger partial charge in [-0.25, -0.2) is 4.79 Å². The summed E-state index contributed by atoms with van der Waals surface area (Å²) in [7, 11) is 0. The van der Waals surface area contributed by atoms with Crippen molar-refractivity contribution in [2.24, 2.45) is 5.92 Å². The summed E-state index contributed by atoms with van der Waals surface area (Å²) in [5, 5.41) is 3.18. The van der Waals surface area contributed by atoms with Gasteiger partial charge in [-0.1, -0.05) is 30.3 Å². The van der Waals surface area contributed by atoms with Gasteiger partial charge < -0.3 is 19.7 Å². The molecular weight excluding hydrogens is 354 g/mol. The molecule has 2 atom stereocenters. The fourth-order valence-corrected chi connectivity index (χ4v) is 4.67. The molecule has 3 aliphatic heterocycles. The highest BCUT2D eigenvalue weighted by Crippen LogP contribution is 2.33. The fraction of sp³-hybridized carbons (Fsp3) is 0.682. The minimum atomic E-state index is -0.307. The second-order valence-electron chi connectivity index (χ2n) is 8.49. The largest absolute Gasteiger partial charge is 0.375 e. The number of hydrogen-bond donors (Lipinski definition) is 1. The van der Waals surface area contributed by atoms with E-state index in [1.54, 1.807) is 0 Å². The molecule has 28 heavy (non-hydrogen) atoms. The summed E-state index contributed by atoms with van der Waals surface area (Å²) in [6, 6.07) is 10.7. The molecule has 154 valence electrons. The molecule has 3 fully saturated rings. The van der Waals surface area contributed by atoms with E-state index in [0.29, 0.717) is 25.6 Å². The Labute approximate surface area is 168 Å². The molecule has 6 heteroatoms. The van der Waals surface area contributed by atoms with Gasteiger partial charge in [-0.15, -0.1) is 0 Å². The number of amides is 2. The van der Waals surface area contributed by atoms with E-state index < -0.39 is 0 Å². The van der Waals surface area contributed by atoms with E-state index in [-0.39, 0.29) is 17.7 Å². The zero-order valence-corrected chi connectivity index (χ0v) is 16.9. The zero-order valence-electron chi connectivity index (χ0n) is 16.9. The number of piperidine rings is 1. The summed E-state index contributed by atoms with van der Waals surface area (Å²) in [6.07, 6.45) is 3.21. The number of rotatable bonds is 4. The quantitative estimate of drug-likeness (QED) is 0.862. The van der Waals surface area contributed by atoms with Crippen molar-refractivity contribution in [1.82, 2.24) is 15.1 Å². The predicted molar refractivity (Wildman–Crippen MR) is 108 cm³/mol. The highest BCUT2D eigenvalue weighted by Gasteiger charge is 2.47. The molecule has 0 aliphatic carbocycles.